The van der Waals surface area contributed by atoms with Crippen LogP contribution in [0.4, 0.5) is 8.78 Å². The van der Waals surface area contributed by atoms with Gasteiger partial charge in [-0.15, -0.1) is 0 Å². The molecule has 1 amide bonds. The first-order valence-electron chi connectivity index (χ1n) is 8.77. The zero-order chi connectivity index (χ0) is 18.2. The number of amides is 1. The molecule has 1 aliphatic rings. The first kappa shape index (κ1) is 19.4. The smallest absolute Gasteiger partial charge is 0.387 e. The number of rotatable bonds is 8. The van der Waals surface area contributed by atoms with Crippen molar-refractivity contribution in [3.8, 4) is 11.5 Å². The highest BCUT2D eigenvalue weighted by molar-refractivity contribution is 5.94. The van der Waals surface area contributed by atoms with E-state index < -0.39 is 6.61 Å². The van der Waals surface area contributed by atoms with Gasteiger partial charge in [-0.05, 0) is 44.4 Å². The largest absolute Gasteiger partial charge is 0.493 e. The van der Waals surface area contributed by atoms with Crippen LogP contribution in [0, 0.1) is 0 Å². The van der Waals surface area contributed by atoms with Crippen LogP contribution in [0.2, 0.25) is 0 Å². The van der Waals surface area contributed by atoms with Gasteiger partial charge in [0.15, 0.2) is 11.5 Å². The van der Waals surface area contributed by atoms with E-state index in [0.717, 1.165) is 13.0 Å². The highest BCUT2D eigenvalue weighted by atomic mass is 19.3. The number of carbonyl (C=O) groups is 1. The zero-order valence-corrected chi connectivity index (χ0v) is 14.8. The van der Waals surface area contributed by atoms with Crippen molar-refractivity contribution in [2.75, 3.05) is 26.7 Å². The van der Waals surface area contributed by atoms with E-state index >= 15 is 0 Å². The van der Waals surface area contributed by atoms with Gasteiger partial charge in [-0.25, -0.2) is 0 Å². The number of quaternary nitrogens is 1. The Labute approximate surface area is 147 Å². The van der Waals surface area contributed by atoms with Crippen LogP contribution >= 0.6 is 0 Å². The maximum atomic E-state index is 12.3. The van der Waals surface area contributed by atoms with E-state index in [0.29, 0.717) is 18.2 Å². The van der Waals surface area contributed by atoms with Crippen molar-refractivity contribution >= 4 is 5.91 Å². The van der Waals surface area contributed by atoms with Gasteiger partial charge in [-0.2, -0.15) is 8.78 Å². The predicted octanol–water partition coefficient (Wildman–Crippen LogP) is 1.87. The van der Waals surface area contributed by atoms with E-state index in [-0.39, 0.29) is 17.4 Å². The van der Waals surface area contributed by atoms with Gasteiger partial charge in [0, 0.05) is 18.5 Å². The van der Waals surface area contributed by atoms with Crippen molar-refractivity contribution in [2.24, 2.45) is 0 Å². The number of hydrogen-bond acceptors (Lipinski definition) is 3. The Morgan fingerprint density at radius 3 is 2.84 bits per heavy atom. The molecule has 2 N–H and O–H groups in total. The minimum absolute atomic E-state index is 0.0864. The lowest BCUT2D eigenvalue weighted by atomic mass is 10.0. The molecule has 0 saturated carbocycles. The molecule has 2 rings (SSSR count). The molecular formula is C18H27F2N2O3+. The third-order valence-electron chi connectivity index (χ3n) is 4.68. The summed E-state index contributed by atoms with van der Waals surface area (Å²) in [5.74, 6) is -0.222. The minimum Gasteiger partial charge on any atom is -0.493 e. The summed E-state index contributed by atoms with van der Waals surface area (Å²) in [4.78, 5) is 13.8. The van der Waals surface area contributed by atoms with Gasteiger partial charge in [0.2, 0.25) is 0 Å². The quantitative estimate of drug-likeness (QED) is 0.699. The van der Waals surface area contributed by atoms with E-state index in [1.54, 1.807) is 4.90 Å². The molecule has 1 aliphatic heterocycles. The van der Waals surface area contributed by atoms with Crippen molar-refractivity contribution in [3.05, 3.63) is 23.8 Å². The summed E-state index contributed by atoms with van der Waals surface area (Å²) in [6.07, 6.45) is 4.77. The average Bonchev–Trinajstić information content (AvgIpc) is 2.59. The number of likely N-dealkylation sites (tertiary alicyclic amines) is 1. The normalized spacial score (nSPS) is 20.4. The molecule has 5 nitrogen and oxygen atoms in total. The molecule has 7 heteroatoms. The standard InChI is InChI=1S/C18H26F2N2O3/c1-13-6-3-4-10-22(13)11-5-9-21-17(23)14-7-8-15(25-18(19)20)16(12-14)24-2/h7-8,12-13,18H,3-6,9-11H2,1-2H3,(H,21,23)/p+1/t13-/m1/s1. The Bertz CT molecular complexity index is 569. The van der Waals surface area contributed by atoms with E-state index in [1.807, 2.05) is 0 Å². The van der Waals surface area contributed by atoms with Crippen molar-refractivity contribution in [2.45, 2.75) is 45.3 Å². The highest BCUT2D eigenvalue weighted by Crippen LogP contribution is 2.29. The number of nitrogens with one attached hydrogen (secondary N) is 2. The molecule has 0 aromatic heterocycles. The molecule has 1 aromatic rings. The maximum absolute atomic E-state index is 12.3. The number of piperidine rings is 1. The van der Waals surface area contributed by atoms with Crippen LogP contribution in [-0.2, 0) is 0 Å². The third-order valence-corrected chi connectivity index (χ3v) is 4.68. The van der Waals surface area contributed by atoms with Crippen LogP contribution in [-0.4, -0.2) is 45.3 Å². The number of alkyl halides is 2. The summed E-state index contributed by atoms with van der Waals surface area (Å²) < 4.78 is 34.0. The number of benzene rings is 1. The third kappa shape index (κ3) is 5.85. The van der Waals surface area contributed by atoms with Gasteiger partial charge in [-0.3, -0.25) is 4.79 Å². The summed E-state index contributed by atoms with van der Waals surface area (Å²) in [5.41, 5.74) is 0.358. The number of ether oxygens (including phenoxy) is 2. The lowest BCUT2D eigenvalue weighted by Crippen LogP contribution is -3.16. The zero-order valence-electron chi connectivity index (χ0n) is 14.8. The molecule has 0 bridgehead atoms. The second kappa shape index (κ2) is 9.56. The molecule has 1 fully saturated rings. The fraction of sp³-hybridized carbons (Fsp3) is 0.611. The Morgan fingerprint density at radius 1 is 1.36 bits per heavy atom. The lowest BCUT2D eigenvalue weighted by molar-refractivity contribution is -0.928. The number of methoxy groups -OCH3 is 1. The molecule has 0 aliphatic carbocycles. The highest BCUT2D eigenvalue weighted by Gasteiger charge is 2.21. The van der Waals surface area contributed by atoms with Crippen molar-refractivity contribution in [3.63, 3.8) is 0 Å². The van der Waals surface area contributed by atoms with Gasteiger partial charge in [0.1, 0.15) is 0 Å². The Morgan fingerprint density at radius 2 is 2.16 bits per heavy atom. The molecule has 1 heterocycles. The summed E-state index contributed by atoms with van der Waals surface area (Å²) >= 11 is 0. The maximum Gasteiger partial charge on any atom is 0.387 e. The molecule has 1 unspecified atom stereocenters. The van der Waals surface area contributed by atoms with Gasteiger partial charge in [0.05, 0.1) is 26.2 Å². The SMILES string of the molecule is COc1cc(C(=O)NCCC[NH+]2CCCC[C@H]2C)ccc1OC(F)F. The first-order chi connectivity index (χ1) is 12.0. The molecule has 0 radical (unpaired) electrons. The number of hydrogen-bond donors (Lipinski definition) is 2. The molecular weight excluding hydrogens is 330 g/mol. The Hall–Kier alpha value is -1.89. The fourth-order valence-electron chi connectivity index (χ4n) is 3.25. The summed E-state index contributed by atoms with van der Waals surface area (Å²) in [7, 11) is 1.35. The van der Waals surface area contributed by atoms with Crippen LogP contribution in [0.3, 0.4) is 0 Å². The van der Waals surface area contributed by atoms with E-state index in [1.165, 1.54) is 51.1 Å². The van der Waals surface area contributed by atoms with Gasteiger partial charge in [-0.1, -0.05) is 0 Å². The fourth-order valence-corrected chi connectivity index (χ4v) is 3.25. The molecule has 0 spiro atoms. The molecule has 2 atom stereocenters. The summed E-state index contributed by atoms with van der Waals surface area (Å²) in [6.45, 7) is 2.19. The van der Waals surface area contributed by atoms with Crippen molar-refractivity contribution in [1.82, 2.24) is 5.32 Å². The molecule has 1 saturated heterocycles. The molecule has 1 aromatic carbocycles. The van der Waals surface area contributed by atoms with Gasteiger partial charge >= 0.3 is 6.61 Å². The van der Waals surface area contributed by atoms with Crippen LogP contribution in [0.5, 0.6) is 11.5 Å². The second-order valence-corrected chi connectivity index (χ2v) is 6.41. The molecule has 140 valence electrons. The number of carbonyl (C=O) groups excluding carboxylic acids is 1. The van der Waals surface area contributed by atoms with Crippen LogP contribution in [0.1, 0.15) is 43.0 Å². The average molecular weight is 357 g/mol. The molecule has 25 heavy (non-hydrogen) atoms. The first-order valence-corrected chi connectivity index (χ1v) is 8.77. The van der Waals surface area contributed by atoms with Crippen LogP contribution in [0.15, 0.2) is 18.2 Å². The van der Waals surface area contributed by atoms with E-state index in [4.69, 9.17) is 4.74 Å². The van der Waals surface area contributed by atoms with E-state index in [2.05, 4.69) is 17.0 Å². The topological polar surface area (TPSA) is 52.0 Å². The van der Waals surface area contributed by atoms with Crippen molar-refractivity contribution < 1.29 is 27.9 Å². The summed E-state index contributed by atoms with van der Waals surface area (Å²) in [5, 5.41) is 2.87. The van der Waals surface area contributed by atoms with E-state index in [9.17, 15) is 13.6 Å². The Balaban J connectivity index is 1.82. The lowest BCUT2D eigenvalue weighted by Gasteiger charge is -2.30. The number of halogens is 2. The minimum atomic E-state index is -2.94. The van der Waals surface area contributed by atoms with Crippen LogP contribution in [0.25, 0.3) is 0 Å². The van der Waals surface area contributed by atoms with Crippen molar-refractivity contribution in [1.29, 1.82) is 0 Å². The second-order valence-electron chi connectivity index (χ2n) is 6.41. The summed E-state index contributed by atoms with van der Waals surface area (Å²) in [6, 6.07) is 4.87. The Kier molecular flexibility index (Phi) is 7.43. The monoisotopic (exact) mass is 357 g/mol. The van der Waals surface area contributed by atoms with Gasteiger partial charge in [0.25, 0.3) is 5.91 Å². The van der Waals surface area contributed by atoms with Crippen LogP contribution < -0.4 is 19.7 Å². The van der Waals surface area contributed by atoms with Gasteiger partial charge < -0.3 is 19.7 Å². The predicted molar refractivity (Wildman–Crippen MR) is 90.6 cm³/mol.